The summed E-state index contributed by atoms with van der Waals surface area (Å²) in [6.45, 7) is 5.69. The molecule has 3 heteroatoms. The molecule has 0 amide bonds. The first-order chi connectivity index (χ1) is 7.43. The van der Waals surface area contributed by atoms with Crippen LogP contribution in [0.15, 0.2) is 24.3 Å². The van der Waals surface area contributed by atoms with Gasteiger partial charge in [0.1, 0.15) is 6.61 Å². The third kappa shape index (κ3) is 3.39. The Kier molecular flexibility index (Phi) is 3.68. The van der Waals surface area contributed by atoms with Gasteiger partial charge in [0.05, 0.1) is 17.0 Å². The molecule has 0 spiro atoms. The van der Waals surface area contributed by atoms with Gasteiger partial charge in [-0.15, -0.1) is 0 Å². The minimum atomic E-state index is -0.480. The van der Waals surface area contributed by atoms with Gasteiger partial charge in [-0.25, -0.2) is 0 Å². The highest BCUT2D eigenvalue weighted by Gasteiger charge is 2.22. The van der Waals surface area contributed by atoms with E-state index in [4.69, 9.17) is 10.00 Å². The minimum absolute atomic E-state index is 0.225. The molecule has 1 rings (SSSR count). The van der Waals surface area contributed by atoms with E-state index in [9.17, 15) is 4.79 Å². The van der Waals surface area contributed by atoms with Crippen LogP contribution < -0.4 is 0 Å². The highest BCUT2D eigenvalue weighted by Crippen LogP contribution is 2.16. The first-order valence-electron chi connectivity index (χ1n) is 5.10. The maximum atomic E-state index is 11.5. The summed E-state index contributed by atoms with van der Waals surface area (Å²) in [7, 11) is 0. The molecule has 0 heterocycles. The van der Waals surface area contributed by atoms with Gasteiger partial charge in [0.15, 0.2) is 0 Å². The summed E-state index contributed by atoms with van der Waals surface area (Å²) in [4.78, 5) is 11.5. The van der Waals surface area contributed by atoms with Crippen molar-refractivity contribution in [2.75, 3.05) is 0 Å². The number of carbonyl (C=O) groups excluding carboxylic acids is 1. The van der Waals surface area contributed by atoms with E-state index in [1.165, 1.54) is 0 Å². The van der Waals surface area contributed by atoms with Gasteiger partial charge in [0.2, 0.25) is 0 Å². The first-order valence-corrected chi connectivity index (χ1v) is 5.10. The molecule has 3 nitrogen and oxygen atoms in total. The van der Waals surface area contributed by atoms with Crippen LogP contribution in [0.25, 0.3) is 0 Å². The van der Waals surface area contributed by atoms with Crippen LogP contribution in [0.2, 0.25) is 0 Å². The zero-order valence-corrected chi connectivity index (χ0v) is 9.78. The van der Waals surface area contributed by atoms with Crippen molar-refractivity contribution in [1.29, 1.82) is 5.26 Å². The average Bonchev–Trinajstić information content (AvgIpc) is 2.25. The van der Waals surface area contributed by atoms with Gasteiger partial charge in [0, 0.05) is 0 Å². The van der Waals surface area contributed by atoms with Crippen molar-refractivity contribution in [2.45, 2.75) is 27.4 Å². The summed E-state index contributed by atoms with van der Waals surface area (Å²) in [6, 6.07) is 9.03. The van der Waals surface area contributed by atoms with E-state index >= 15 is 0 Å². The zero-order chi connectivity index (χ0) is 12.2. The molecule has 0 aliphatic carbocycles. The zero-order valence-electron chi connectivity index (χ0n) is 9.78. The second-order valence-electron chi connectivity index (χ2n) is 4.63. The maximum Gasteiger partial charge on any atom is 0.311 e. The fourth-order valence-electron chi connectivity index (χ4n) is 1.04. The van der Waals surface area contributed by atoms with Gasteiger partial charge < -0.3 is 4.74 Å². The van der Waals surface area contributed by atoms with Crippen molar-refractivity contribution >= 4 is 5.97 Å². The Morgan fingerprint density at radius 2 is 1.88 bits per heavy atom. The minimum Gasteiger partial charge on any atom is -0.460 e. The summed E-state index contributed by atoms with van der Waals surface area (Å²) < 4.78 is 5.14. The van der Waals surface area contributed by atoms with Gasteiger partial charge >= 0.3 is 5.97 Å². The predicted molar refractivity (Wildman–Crippen MR) is 60.4 cm³/mol. The molecule has 0 aliphatic heterocycles. The van der Waals surface area contributed by atoms with Crippen molar-refractivity contribution in [2.24, 2.45) is 5.41 Å². The molecular formula is C13H15NO2. The Morgan fingerprint density at radius 1 is 1.31 bits per heavy atom. The topological polar surface area (TPSA) is 50.1 Å². The van der Waals surface area contributed by atoms with Gasteiger partial charge in [-0.1, -0.05) is 12.1 Å². The van der Waals surface area contributed by atoms with Crippen LogP contribution in [0.4, 0.5) is 0 Å². The number of esters is 1. The highest BCUT2D eigenvalue weighted by molar-refractivity contribution is 5.75. The standard InChI is InChI=1S/C13H15NO2/c1-13(2,3)12(15)16-9-11-6-4-10(8-14)5-7-11/h4-7H,9H2,1-3H3. The fourth-order valence-corrected chi connectivity index (χ4v) is 1.04. The first kappa shape index (κ1) is 12.3. The lowest BCUT2D eigenvalue weighted by atomic mass is 9.97. The van der Waals surface area contributed by atoms with E-state index in [0.717, 1.165) is 5.56 Å². The third-order valence-corrected chi connectivity index (χ3v) is 2.07. The van der Waals surface area contributed by atoms with Gasteiger partial charge in [-0.2, -0.15) is 5.26 Å². The largest absolute Gasteiger partial charge is 0.460 e. The molecule has 1 aromatic rings. The van der Waals surface area contributed by atoms with E-state index in [0.29, 0.717) is 5.56 Å². The summed E-state index contributed by atoms with van der Waals surface area (Å²) in [5, 5.41) is 8.62. The van der Waals surface area contributed by atoms with Crippen molar-refractivity contribution in [1.82, 2.24) is 0 Å². The summed E-state index contributed by atoms with van der Waals surface area (Å²) in [5.41, 5.74) is 1.01. The Bertz CT molecular complexity index is 407. The predicted octanol–water partition coefficient (Wildman–Crippen LogP) is 2.65. The SMILES string of the molecule is CC(C)(C)C(=O)OCc1ccc(C#N)cc1. The smallest absolute Gasteiger partial charge is 0.311 e. The molecule has 0 fully saturated rings. The lowest BCUT2D eigenvalue weighted by Crippen LogP contribution is -2.22. The molecule has 16 heavy (non-hydrogen) atoms. The normalized spacial score (nSPS) is 10.6. The van der Waals surface area contributed by atoms with Crippen LogP contribution in [0.3, 0.4) is 0 Å². The van der Waals surface area contributed by atoms with Crippen LogP contribution in [-0.4, -0.2) is 5.97 Å². The molecule has 0 N–H and O–H groups in total. The lowest BCUT2D eigenvalue weighted by molar-refractivity contribution is -0.154. The van der Waals surface area contributed by atoms with E-state index in [1.807, 2.05) is 26.8 Å². The number of benzene rings is 1. The number of nitriles is 1. The lowest BCUT2D eigenvalue weighted by Gasteiger charge is -2.16. The van der Waals surface area contributed by atoms with Gasteiger partial charge in [0.25, 0.3) is 0 Å². The van der Waals surface area contributed by atoms with Gasteiger partial charge in [-0.05, 0) is 38.5 Å². The summed E-state index contributed by atoms with van der Waals surface area (Å²) in [5.74, 6) is -0.225. The number of nitrogens with zero attached hydrogens (tertiary/aromatic N) is 1. The second-order valence-corrected chi connectivity index (χ2v) is 4.63. The van der Waals surface area contributed by atoms with E-state index in [-0.39, 0.29) is 12.6 Å². The van der Waals surface area contributed by atoms with Crippen LogP contribution >= 0.6 is 0 Å². The molecule has 0 saturated carbocycles. The summed E-state index contributed by atoms with van der Waals surface area (Å²) in [6.07, 6.45) is 0. The molecule has 0 radical (unpaired) electrons. The molecule has 0 aliphatic rings. The molecule has 1 aromatic carbocycles. The van der Waals surface area contributed by atoms with Crippen LogP contribution in [0, 0.1) is 16.7 Å². The van der Waals surface area contributed by atoms with Crippen LogP contribution in [-0.2, 0) is 16.1 Å². The monoisotopic (exact) mass is 217 g/mol. The number of carbonyl (C=O) groups is 1. The average molecular weight is 217 g/mol. The maximum absolute atomic E-state index is 11.5. The van der Waals surface area contributed by atoms with Crippen molar-refractivity contribution in [3.63, 3.8) is 0 Å². The van der Waals surface area contributed by atoms with Crippen LogP contribution in [0.1, 0.15) is 31.9 Å². The van der Waals surface area contributed by atoms with Crippen molar-refractivity contribution in [3.05, 3.63) is 35.4 Å². The molecule has 84 valence electrons. The molecule has 0 unspecified atom stereocenters. The Hall–Kier alpha value is -1.82. The Labute approximate surface area is 95.7 Å². The molecule has 0 saturated heterocycles. The Morgan fingerprint density at radius 3 is 2.31 bits per heavy atom. The second kappa shape index (κ2) is 4.80. The molecule has 0 atom stereocenters. The van der Waals surface area contributed by atoms with Crippen molar-refractivity contribution < 1.29 is 9.53 Å². The van der Waals surface area contributed by atoms with Crippen LogP contribution in [0.5, 0.6) is 0 Å². The Balaban J connectivity index is 2.56. The third-order valence-electron chi connectivity index (χ3n) is 2.07. The summed E-state index contributed by atoms with van der Waals surface area (Å²) >= 11 is 0. The van der Waals surface area contributed by atoms with Gasteiger partial charge in [-0.3, -0.25) is 4.79 Å². The highest BCUT2D eigenvalue weighted by atomic mass is 16.5. The fraction of sp³-hybridized carbons (Fsp3) is 0.385. The van der Waals surface area contributed by atoms with E-state index < -0.39 is 5.41 Å². The number of hydrogen-bond acceptors (Lipinski definition) is 3. The quantitative estimate of drug-likeness (QED) is 0.715. The molecule has 0 bridgehead atoms. The van der Waals surface area contributed by atoms with E-state index in [1.54, 1.807) is 24.3 Å². The van der Waals surface area contributed by atoms with E-state index in [2.05, 4.69) is 0 Å². The number of hydrogen-bond donors (Lipinski definition) is 0. The molecular weight excluding hydrogens is 202 g/mol. The number of rotatable bonds is 2. The number of ether oxygens (including phenoxy) is 1. The van der Waals surface area contributed by atoms with Crippen molar-refractivity contribution in [3.8, 4) is 6.07 Å². The molecule has 0 aromatic heterocycles.